The van der Waals surface area contributed by atoms with E-state index in [4.69, 9.17) is 4.43 Å². The average Bonchev–Trinajstić information content (AvgIpc) is 3.06. The van der Waals surface area contributed by atoms with E-state index in [0.29, 0.717) is 30.6 Å². The SMILES string of the molecule is CC12CCC(=O)C=C1CCC1C2CCC2(C)C1CCC2(C)O[Si](C)(C)c1c(F)c(F)c(F)c(F)c1F. The van der Waals surface area contributed by atoms with Gasteiger partial charge in [-0.25, -0.2) is 22.0 Å². The third-order valence-electron chi connectivity index (χ3n) is 10.8. The van der Waals surface area contributed by atoms with Crippen molar-refractivity contribution in [2.24, 2.45) is 28.6 Å². The number of rotatable bonds is 3. The van der Waals surface area contributed by atoms with Crippen molar-refractivity contribution >= 4 is 19.3 Å². The van der Waals surface area contributed by atoms with E-state index in [1.807, 2.05) is 13.0 Å². The van der Waals surface area contributed by atoms with E-state index in [2.05, 4.69) is 13.8 Å². The lowest BCUT2D eigenvalue weighted by Gasteiger charge is -2.60. The molecule has 0 amide bonds. The van der Waals surface area contributed by atoms with Gasteiger partial charge in [0.05, 0.1) is 5.60 Å². The van der Waals surface area contributed by atoms with Crippen molar-refractivity contribution in [2.75, 3.05) is 0 Å². The predicted molar refractivity (Wildman–Crippen MR) is 130 cm³/mol. The number of allylic oxidation sites excluding steroid dienone is 1. The van der Waals surface area contributed by atoms with E-state index in [1.54, 1.807) is 0 Å². The number of ketones is 1. The lowest BCUT2D eigenvalue weighted by Crippen LogP contribution is -2.60. The first-order valence-electron chi connectivity index (χ1n) is 13.1. The maximum atomic E-state index is 14.8. The fourth-order valence-corrected chi connectivity index (χ4v) is 11.5. The van der Waals surface area contributed by atoms with Gasteiger partial charge in [0.15, 0.2) is 29.1 Å². The van der Waals surface area contributed by atoms with Gasteiger partial charge in [-0.15, -0.1) is 0 Å². The number of halogens is 5. The Bertz CT molecular complexity index is 1140. The molecular formula is C28H35F5O2Si. The molecule has 0 bridgehead atoms. The lowest BCUT2D eigenvalue weighted by molar-refractivity contribution is -0.120. The third kappa shape index (κ3) is 3.45. The highest BCUT2D eigenvalue weighted by molar-refractivity contribution is 6.84. The molecule has 5 rings (SSSR count). The van der Waals surface area contributed by atoms with Crippen LogP contribution in [-0.4, -0.2) is 19.7 Å². The van der Waals surface area contributed by atoms with Crippen LogP contribution in [0.4, 0.5) is 22.0 Å². The van der Waals surface area contributed by atoms with Crippen LogP contribution in [0.5, 0.6) is 0 Å². The maximum Gasteiger partial charge on any atom is 0.225 e. The van der Waals surface area contributed by atoms with Gasteiger partial charge in [0, 0.05) is 11.6 Å². The summed E-state index contributed by atoms with van der Waals surface area (Å²) in [5.41, 5.74) is 0.310. The minimum absolute atomic E-state index is 0.0292. The van der Waals surface area contributed by atoms with Crippen molar-refractivity contribution in [3.05, 3.63) is 40.7 Å². The third-order valence-corrected chi connectivity index (χ3v) is 13.4. The number of fused-ring (bicyclic) bond motifs is 5. The summed E-state index contributed by atoms with van der Waals surface area (Å²) in [5.74, 6) is -8.02. The van der Waals surface area contributed by atoms with Crippen LogP contribution < -0.4 is 5.19 Å². The van der Waals surface area contributed by atoms with Gasteiger partial charge in [-0.1, -0.05) is 19.4 Å². The fourth-order valence-electron chi connectivity index (χ4n) is 8.70. The zero-order valence-corrected chi connectivity index (χ0v) is 22.7. The number of hydrogen-bond acceptors (Lipinski definition) is 2. The molecule has 2 nitrogen and oxygen atoms in total. The summed E-state index contributed by atoms with van der Waals surface area (Å²) < 4.78 is 78.0. The molecule has 1 aromatic carbocycles. The van der Waals surface area contributed by atoms with Crippen molar-refractivity contribution in [3.63, 3.8) is 0 Å². The summed E-state index contributed by atoms with van der Waals surface area (Å²) in [6, 6.07) is 0. The van der Waals surface area contributed by atoms with Gasteiger partial charge in [0.2, 0.25) is 14.1 Å². The van der Waals surface area contributed by atoms with Gasteiger partial charge in [-0.2, -0.15) is 0 Å². The standard InChI is InChI=1S/C28H35F5O2Si/c1-26-11-8-16(34)14-15(26)6-7-17-18(26)9-12-27(2)19(17)10-13-28(27,3)35-36(4,5)25-23(32)21(30)20(29)22(31)24(25)33/h14,17-19H,6-13H2,1-5H3. The number of benzene rings is 1. The Morgan fingerprint density at radius 2 is 1.39 bits per heavy atom. The molecule has 1 aromatic rings. The summed E-state index contributed by atoms with van der Waals surface area (Å²) in [4.78, 5) is 12.1. The molecule has 4 aliphatic rings. The minimum atomic E-state index is -3.55. The normalized spacial score (nSPS) is 38.3. The van der Waals surface area contributed by atoms with Crippen LogP contribution in [0, 0.1) is 57.7 Å². The van der Waals surface area contributed by atoms with Crippen LogP contribution >= 0.6 is 0 Å². The van der Waals surface area contributed by atoms with E-state index < -0.39 is 48.2 Å². The molecule has 3 fully saturated rings. The second kappa shape index (κ2) is 8.23. The molecule has 4 aliphatic carbocycles. The molecule has 0 aliphatic heterocycles. The van der Waals surface area contributed by atoms with E-state index in [0.717, 1.165) is 38.5 Å². The first-order valence-corrected chi connectivity index (χ1v) is 16.0. The summed E-state index contributed by atoms with van der Waals surface area (Å²) in [6.07, 6.45) is 8.71. The Labute approximate surface area is 210 Å². The molecule has 36 heavy (non-hydrogen) atoms. The monoisotopic (exact) mass is 526 g/mol. The van der Waals surface area contributed by atoms with Gasteiger partial charge in [0.1, 0.15) is 0 Å². The highest BCUT2D eigenvalue weighted by Gasteiger charge is 2.64. The number of carbonyl (C=O) groups is 1. The Morgan fingerprint density at radius 1 is 0.806 bits per heavy atom. The summed E-state index contributed by atoms with van der Waals surface area (Å²) in [7, 11) is -3.55. The van der Waals surface area contributed by atoms with Gasteiger partial charge >= 0.3 is 0 Å². The zero-order chi connectivity index (χ0) is 26.4. The highest BCUT2D eigenvalue weighted by atomic mass is 28.4. The zero-order valence-electron chi connectivity index (χ0n) is 21.7. The second-order valence-corrected chi connectivity index (χ2v) is 16.5. The molecule has 3 saturated carbocycles. The summed E-state index contributed by atoms with van der Waals surface area (Å²) >= 11 is 0. The van der Waals surface area contributed by atoms with Crippen molar-refractivity contribution in [1.82, 2.24) is 0 Å². The van der Waals surface area contributed by atoms with Gasteiger partial charge in [-0.3, -0.25) is 4.79 Å². The van der Waals surface area contributed by atoms with Crippen LogP contribution in [0.3, 0.4) is 0 Å². The smallest absolute Gasteiger partial charge is 0.225 e. The molecule has 6 unspecified atom stereocenters. The molecule has 0 saturated heterocycles. The van der Waals surface area contributed by atoms with Gasteiger partial charge in [0.25, 0.3) is 0 Å². The van der Waals surface area contributed by atoms with Crippen LogP contribution in [-0.2, 0) is 9.22 Å². The molecule has 0 heterocycles. The van der Waals surface area contributed by atoms with E-state index in [-0.39, 0.29) is 16.6 Å². The Hall–Kier alpha value is -1.54. The molecule has 8 heteroatoms. The van der Waals surface area contributed by atoms with Crippen molar-refractivity contribution in [2.45, 2.75) is 90.8 Å². The Kier molecular flexibility index (Phi) is 5.96. The van der Waals surface area contributed by atoms with E-state index in [1.165, 1.54) is 18.7 Å². The minimum Gasteiger partial charge on any atom is -0.407 e. The molecule has 198 valence electrons. The summed E-state index contributed by atoms with van der Waals surface area (Å²) in [6.45, 7) is 9.53. The lowest BCUT2D eigenvalue weighted by atomic mass is 9.46. The van der Waals surface area contributed by atoms with Crippen LogP contribution in [0.25, 0.3) is 0 Å². The topological polar surface area (TPSA) is 26.3 Å². The molecular weight excluding hydrogens is 491 g/mol. The van der Waals surface area contributed by atoms with Crippen molar-refractivity contribution in [3.8, 4) is 0 Å². The van der Waals surface area contributed by atoms with Crippen molar-refractivity contribution in [1.29, 1.82) is 0 Å². The number of hydrogen-bond donors (Lipinski definition) is 0. The molecule has 6 atom stereocenters. The quantitative estimate of drug-likeness (QED) is 0.182. The molecule has 0 radical (unpaired) electrons. The average molecular weight is 527 g/mol. The molecule has 0 aromatic heterocycles. The highest BCUT2D eigenvalue weighted by Crippen LogP contribution is 2.68. The Morgan fingerprint density at radius 3 is 2.03 bits per heavy atom. The maximum absolute atomic E-state index is 14.8. The Balaban J connectivity index is 1.47. The number of carbonyl (C=O) groups excluding carboxylic acids is 1. The van der Waals surface area contributed by atoms with Crippen LogP contribution in [0.15, 0.2) is 11.6 Å². The van der Waals surface area contributed by atoms with Gasteiger partial charge in [-0.05, 0) is 99.6 Å². The van der Waals surface area contributed by atoms with Crippen LogP contribution in [0.2, 0.25) is 13.1 Å². The molecule has 0 N–H and O–H groups in total. The van der Waals surface area contributed by atoms with Crippen molar-refractivity contribution < 1.29 is 31.2 Å². The first kappa shape index (κ1) is 26.1. The largest absolute Gasteiger partial charge is 0.407 e. The fraction of sp³-hybridized carbons (Fsp3) is 0.679. The predicted octanol–water partition coefficient (Wildman–Crippen LogP) is 7.10. The first-order chi connectivity index (χ1) is 16.7. The van der Waals surface area contributed by atoms with E-state index >= 15 is 0 Å². The van der Waals surface area contributed by atoms with Gasteiger partial charge < -0.3 is 4.43 Å². The summed E-state index contributed by atoms with van der Waals surface area (Å²) in [5, 5.41) is -0.785. The second-order valence-electron chi connectivity index (χ2n) is 12.8. The molecule has 0 spiro atoms. The van der Waals surface area contributed by atoms with Crippen LogP contribution in [0.1, 0.15) is 72.1 Å². The van der Waals surface area contributed by atoms with E-state index in [9.17, 15) is 26.7 Å².